The number of aromatic nitrogens is 1. The van der Waals surface area contributed by atoms with Gasteiger partial charge in [0.05, 0.1) is 12.7 Å². The van der Waals surface area contributed by atoms with Crippen molar-refractivity contribution in [3.05, 3.63) is 77.0 Å². The molecule has 3 heterocycles. The predicted octanol–water partition coefficient (Wildman–Crippen LogP) is 5.18. The molecule has 9 nitrogen and oxygen atoms in total. The number of amides is 3. The van der Waals surface area contributed by atoms with Crippen molar-refractivity contribution in [2.75, 3.05) is 31.6 Å². The SMILES string of the molecule is CCCC(C(=O)NC=O)N1Cc2cc(CNCC3CCN(c4ncc(-c5cccc(OC)c5)cc4C(F)(F)F)CC3)ccc2C1=O. The van der Waals surface area contributed by atoms with E-state index in [0.717, 1.165) is 30.0 Å². The Morgan fingerprint density at radius 2 is 1.91 bits per heavy atom. The Morgan fingerprint density at radius 3 is 2.61 bits per heavy atom. The third-order valence-corrected chi connectivity index (χ3v) is 8.70. The van der Waals surface area contributed by atoms with Crippen molar-refractivity contribution in [2.45, 2.75) is 57.9 Å². The van der Waals surface area contributed by atoms with Crippen LogP contribution in [0, 0.1) is 5.92 Å². The summed E-state index contributed by atoms with van der Waals surface area (Å²) in [4.78, 5) is 43.8. The molecule has 1 saturated heterocycles. The fraction of sp³-hybridized carbons (Fsp3) is 0.412. The zero-order valence-electron chi connectivity index (χ0n) is 25.9. The first-order valence-corrected chi connectivity index (χ1v) is 15.5. The highest BCUT2D eigenvalue weighted by Gasteiger charge is 2.38. The van der Waals surface area contributed by atoms with E-state index in [0.29, 0.717) is 80.3 Å². The maximum Gasteiger partial charge on any atom is 0.419 e. The lowest BCUT2D eigenvalue weighted by molar-refractivity contribution is -0.137. The lowest BCUT2D eigenvalue weighted by atomic mass is 9.96. The normalized spacial score (nSPS) is 15.9. The predicted molar refractivity (Wildman–Crippen MR) is 167 cm³/mol. The second-order valence-electron chi connectivity index (χ2n) is 11.7. The zero-order valence-corrected chi connectivity index (χ0v) is 25.9. The molecule has 0 saturated carbocycles. The highest BCUT2D eigenvalue weighted by Crippen LogP contribution is 2.39. The molecule has 244 valence electrons. The van der Waals surface area contributed by atoms with E-state index in [4.69, 9.17) is 4.74 Å². The number of rotatable bonds is 12. The number of anilines is 1. The van der Waals surface area contributed by atoms with Crippen molar-refractivity contribution >= 4 is 24.0 Å². The van der Waals surface area contributed by atoms with E-state index < -0.39 is 23.7 Å². The summed E-state index contributed by atoms with van der Waals surface area (Å²) in [6.07, 6.45) is -0.148. The highest BCUT2D eigenvalue weighted by molar-refractivity contribution is 6.02. The standard InChI is InChI=1S/C34H38F3N5O4/c1-3-5-30(32(44)40-21-43)42-20-26-14-23(8-9-28(26)33(42)45)18-38-17-22-10-12-41(13-11-22)31-29(34(35,36)37)16-25(19-39-31)24-6-4-7-27(15-24)46-2/h4,6-9,14-16,19,21-22,30,38H,3,5,10-13,17-18,20H2,1-2H3,(H,40,43,44). The van der Waals surface area contributed by atoms with E-state index in [9.17, 15) is 27.6 Å². The summed E-state index contributed by atoms with van der Waals surface area (Å²) in [5.74, 6) is 0.0963. The number of halogens is 3. The molecular formula is C34H38F3N5O4. The van der Waals surface area contributed by atoms with Gasteiger partial charge in [-0.25, -0.2) is 4.98 Å². The van der Waals surface area contributed by atoms with Crippen LogP contribution in [0.4, 0.5) is 19.0 Å². The summed E-state index contributed by atoms with van der Waals surface area (Å²) < 4.78 is 47.7. The third-order valence-electron chi connectivity index (χ3n) is 8.70. The van der Waals surface area contributed by atoms with Crippen LogP contribution in [0.1, 0.15) is 59.7 Å². The summed E-state index contributed by atoms with van der Waals surface area (Å²) in [7, 11) is 1.51. The smallest absolute Gasteiger partial charge is 0.419 e. The van der Waals surface area contributed by atoms with Crippen LogP contribution < -0.4 is 20.3 Å². The molecule has 12 heteroatoms. The molecule has 5 rings (SSSR count). The number of carbonyl (C=O) groups excluding carboxylic acids is 3. The van der Waals surface area contributed by atoms with Gasteiger partial charge in [0.2, 0.25) is 12.3 Å². The molecule has 1 aromatic heterocycles. The van der Waals surface area contributed by atoms with Gasteiger partial charge in [-0.15, -0.1) is 0 Å². The van der Waals surface area contributed by atoms with Crippen molar-refractivity contribution < 1.29 is 32.3 Å². The molecule has 2 aliphatic heterocycles. The Labute approximate surface area is 266 Å². The number of carbonyl (C=O) groups is 3. The summed E-state index contributed by atoms with van der Waals surface area (Å²) >= 11 is 0. The third kappa shape index (κ3) is 7.33. The van der Waals surface area contributed by atoms with Crippen molar-refractivity contribution in [3.63, 3.8) is 0 Å². The second kappa shape index (κ2) is 14.3. The minimum atomic E-state index is -4.55. The van der Waals surface area contributed by atoms with E-state index in [2.05, 4.69) is 15.6 Å². The van der Waals surface area contributed by atoms with Gasteiger partial charge in [-0.3, -0.25) is 19.7 Å². The summed E-state index contributed by atoms with van der Waals surface area (Å²) in [5.41, 5.74) is 2.61. The topological polar surface area (TPSA) is 104 Å². The molecule has 0 radical (unpaired) electrons. The number of nitrogens with one attached hydrogen (secondary N) is 2. The molecule has 0 spiro atoms. The number of nitrogens with zero attached hydrogens (tertiary/aromatic N) is 3. The summed E-state index contributed by atoms with van der Waals surface area (Å²) in [5, 5.41) is 5.64. The number of benzene rings is 2. The Hall–Kier alpha value is -4.45. The maximum absolute atomic E-state index is 14.2. The van der Waals surface area contributed by atoms with E-state index in [-0.39, 0.29) is 11.7 Å². The van der Waals surface area contributed by atoms with Crippen LogP contribution in [0.5, 0.6) is 5.75 Å². The Morgan fingerprint density at radius 1 is 1.13 bits per heavy atom. The van der Waals surface area contributed by atoms with Gasteiger partial charge in [0.1, 0.15) is 17.6 Å². The number of hydrogen-bond acceptors (Lipinski definition) is 7. The Balaban J connectivity index is 1.16. The molecule has 46 heavy (non-hydrogen) atoms. The monoisotopic (exact) mass is 637 g/mol. The largest absolute Gasteiger partial charge is 0.497 e. The molecule has 3 aromatic rings. The molecule has 2 N–H and O–H groups in total. The van der Waals surface area contributed by atoms with Gasteiger partial charge in [0.25, 0.3) is 5.91 Å². The number of imide groups is 1. The van der Waals surface area contributed by atoms with Gasteiger partial charge in [-0.05, 0) is 72.7 Å². The van der Waals surface area contributed by atoms with Gasteiger partial charge in [-0.1, -0.05) is 37.6 Å². The Bertz CT molecular complexity index is 1570. The van der Waals surface area contributed by atoms with Crippen LogP contribution in [0.3, 0.4) is 0 Å². The molecule has 1 atom stereocenters. The lowest BCUT2D eigenvalue weighted by Gasteiger charge is -2.34. The minimum absolute atomic E-state index is 0.0443. The fourth-order valence-electron chi connectivity index (χ4n) is 6.26. The molecule has 1 fully saturated rings. The highest BCUT2D eigenvalue weighted by atomic mass is 19.4. The van der Waals surface area contributed by atoms with Gasteiger partial charge in [0, 0.05) is 43.5 Å². The first-order chi connectivity index (χ1) is 22.1. The van der Waals surface area contributed by atoms with E-state index in [1.54, 1.807) is 35.2 Å². The average molecular weight is 638 g/mol. The summed E-state index contributed by atoms with van der Waals surface area (Å²) in [6.45, 7) is 4.42. The fourth-order valence-corrected chi connectivity index (χ4v) is 6.26. The van der Waals surface area contributed by atoms with Gasteiger partial charge < -0.3 is 19.9 Å². The van der Waals surface area contributed by atoms with Crippen LogP contribution in [0.2, 0.25) is 0 Å². The minimum Gasteiger partial charge on any atom is -0.497 e. The van der Waals surface area contributed by atoms with Gasteiger partial charge in [-0.2, -0.15) is 13.2 Å². The molecule has 2 aromatic carbocycles. The number of methoxy groups -OCH3 is 1. The Kier molecular flexibility index (Phi) is 10.3. The van der Waals surface area contributed by atoms with Crippen molar-refractivity contribution in [3.8, 4) is 16.9 Å². The average Bonchev–Trinajstić information content (AvgIpc) is 3.38. The van der Waals surface area contributed by atoms with Gasteiger partial charge in [0.15, 0.2) is 0 Å². The lowest BCUT2D eigenvalue weighted by Crippen LogP contribution is -2.46. The number of alkyl halides is 3. The number of hydrogen-bond donors (Lipinski definition) is 2. The number of fused-ring (bicyclic) bond motifs is 1. The van der Waals surface area contributed by atoms with E-state index in [1.165, 1.54) is 18.2 Å². The number of ether oxygens (including phenoxy) is 1. The summed E-state index contributed by atoms with van der Waals surface area (Å²) in [6, 6.07) is 13.0. The van der Waals surface area contributed by atoms with E-state index in [1.807, 2.05) is 19.1 Å². The zero-order chi connectivity index (χ0) is 32.8. The molecule has 3 amide bonds. The van der Waals surface area contributed by atoms with Crippen molar-refractivity contribution in [1.29, 1.82) is 0 Å². The number of pyridine rings is 1. The van der Waals surface area contributed by atoms with E-state index >= 15 is 0 Å². The van der Waals surface area contributed by atoms with Crippen LogP contribution in [0.15, 0.2) is 54.7 Å². The molecular weight excluding hydrogens is 599 g/mol. The first kappa shape index (κ1) is 32.9. The van der Waals surface area contributed by atoms with Crippen LogP contribution >= 0.6 is 0 Å². The van der Waals surface area contributed by atoms with Crippen LogP contribution in [-0.4, -0.2) is 60.9 Å². The van der Waals surface area contributed by atoms with Crippen LogP contribution in [-0.2, 0) is 28.9 Å². The molecule has 1 unspecified atom stereocenters. The number of piperidine rings is 1. The second-order valence-corrected chi connectivity index (χ2v) is 11.7. The molecule has 0 aliphatic carbocycles. The van der Waals surface area contributed by atoms with Gasteiger partial charge >= 0.3 is 6.18 Å². The quantitative estimate of drug-likeness (QED) is 0.264. The van der Waals surface area contributed by atoms with Crippen LogP contribution in [0.25, 0.3) is 11.1 Å². The molecule has 0 bridgehead atoms. The van der Waals surface area contributed by atoms with Crippen molar-refractivity contribution in [1.82, 2.24) is 20.5 Å². The molecule has 2 aliphatic rings. The van der Waals surface area contributed by atoms with Crippen molar-refractivity contribution in [2.24, 2.45) is 5.92 Å². The maximum atomic E-state index is 14.2. The first-order valence-electron chi connectivity index (χ1n) is 15.5.